The van der Waals surface area contributed by atoms with Gasteiger partial charge < -0.3 is 20.4 Å². The van der Waals surface area contributed by atoms with Crippen LogP contribution in [0.5, 0.6) is 0 Å². The number of carbonyl (C=O) groups excluding carboxylic acids is 1. The van der Waals surface area contributed by atoms with Gasteiger partial charge in [0.1, 0.15) is 0 Å². The van der Waals surface area contributed by atoms with Crippen LogP contribution in [-0.2, 0) is 4.79 Å². The number of carboxylic acids is 1. The number of carboxylic acid groups (broad SMARTS) is 1. The van der Waals surface area contributed by atoms with Crippen molar-refractivity contribution >= 4 is 12.0 Å². The number of urea groups is 1. The first-order chi connectivity index (χ1) is 8.91. The number of nitrogens with zero attached hydrogens (tertiary/aromatic N) is 1. The number of aliphatic hydroxyl groups excluding tert-OH is 1. The molecule has 110 valence electrons. The van der Waals surface area contributed by atoms with E-state index >= 15 is 0 Å². The molecule has 0 heterocycles. The zero-order valence-electron chi connectivity index (χ0n) is 11.6. The lowest BCUT2D eigenvalue weighted by molar-refractivity contribution is -0.137. The van der Waals surface area contributed by atoms with Crippen LogP contribution in [0, 0.1) is 5.92 Å². The summed E-state index contributed by atoms with van der Waals surface area (Å²) in [6, 6.07) is -0.383. The van der Waals surface area contributed by atoms with Gasteiger partial charge in [0.05, 0.1) is 12.1 Å². The van der Waals surface area contributed by atoms with E-state index in [-0.39, 0.29) is 24.4 Å². The maximum atomic E-state index is 11.9. The first-order valence-electron chi connectivity index (χ1n) is 6.82. The van der Waals surface area contributed by atoms with Crippen LogP contribution < -0.4 is 5.32 Å². The highest BCUT2D eigenvalue weighted by atomic mass is 16.4. The lowest BCUT2D eigenvalue weighted by Gasteiger charge is -2.35. The molecule has 0 bridgehead atoms. The molecule has 0 saturated heterocycles. The van der Waals surface area contributed by atoms with Gasteiger partial charge in [-0.25, -0.2) is 4.79 Å². The minimum absolute atomic E-state index is 0.0377. The maximum absolute atomic E-state index is 11.9. The fourth-order valence-electron chi connectivity index (χ4n) is 2.45. The van der Waals surface area contributed by atoms with Crippen molar-refractivity contribution in [2.75, 3.05) is 13.6 Å². The fraction of sp³-hybridized carbons (Fsp3) is 0.846. The summed E-state index contributed by atoms with van der Waals surface area (Å²) >= 11 is 0. The van der Waals surface area contributed by atoms with Crippen LogP contribution in [0.25, 0.3) is 0 Å². The van der Waals surface area contributed by atoms with E-state index in [0.29, 0.717) is 6.54 Å². The molecule has 1 fully saturated rings. The van der Waals surface area contributed by atoms with Gasteiger partial charge in [0.15, 0.2) is 0 Å². The molecule has 0 radical (unpaired) electrons. The molecule has 1 aliphatic carbocycles. The Balaban J connectivity index is 2.37. The summed E-state index contributed by atoms with van der Waals surface area (Å²) in [6.45, 7) is 2.11. The van der Waals surface area contributed by atoms with Gasteiger partial charge in [0.25, 0.3) is 0 Å². The van der Waals surface area contributed by atoms with Gasteiger partial charge in [0, 0.05) is 20.0 Å². The predicted octanol–water partition coefficient (Wildman–Crippen LogP) is 1.04. The highest BCUT2D eigenvalue weighted by Gasteiger charge is 2.29. The second-order valence-corrected chi connectivity index (χ2v) is 5.42. The summed E-state index contributed by atoms with van der Waals surface area (Å²) in [4.78, 5) is 24.0. The smallest absolute Gasteiger partial charge is 0.317 e. The zero-order valence-corrected chi connectivity index (χ0v) is 11.6. The number of aliphatic hydroxyl groups is 1. The number of likely N-dealkylation sites (N-methyl/N-ethyl adjacent to an activating group) is 1. The summed E-state index contributed by atoms with van der Waals surface area (Å²) in [7, 11) is 1.68. The lowest BCUT2D eigenvalue weighted by Crippen LogP contribution is -2.50. The maximum Gasteiger partial charge on any atom is 0.317 e. The molecule has 19 heavy (non-hydrogen) atoms. The van der Waals surface area contributed by atoms with Gasteiger partial charge in [0.2, 0.25) is 0 Å². The molecule has 1 aliphatic rings. The summed E-state index contributed by atoms with van der Waals surface area (Å²) in [5.74, 6) is -0.969. The summed E-state index contributed by atoms with van der Waals surface area (Å²) in [6.07, 6.45) is 3.15. The van der Waals surface area contributed by atoms with Crippen LogP contribution in [0.1, 0.15) is 39.0 Å². The standard InChI is InChI=1S/C13H24N2O4/c1-9(7-12(17)18)8-14-13(19)15(2)10-5-3-4-6-11(10)16/h9-11,16H,3-8H2,1-2H3,(H,14,19)(H,17,18). The Morgan fingerprint density at radius 1 is 1.37 bits per heavy atom. The van der Waals surface area contributed by atoms with Gasteiger partial charge in [-0.3, -0.25) is 4.79 Å². The Hall–Kier alpha value is -1.30. The van der Waals surface area contributed by atoms with E-state index in [1.54, 1.807) is 14.0 Å². The number of amides is 2. The average Bonchev–Trinajstić information content (AvgIpc) is 2.35. The number of rotatable bonds is 5. The second kappa shape index (κ2) is 7.33. The largest absolute Gasteiger partial charge is 0.481 e. The van der Waals surface area contributed by atoms with Crippen LogP contribution in [0.2, 0.25) is 0 Å². The van der Waals surface area contributed by atoms with Crippen LogP contribution in [0.15, 0.2) is 0 Å². The van der Waals surface area contributed by atoms with Crippen molar-refractivity contribution in [1.82, 2.24) is 10.2 Å². The van der Waals surface area contributed by atoms with Crippen molar-refractivity contribution in [2.45, 2.75) is 51.2 Å². The Labute approximate surface area is 113 Å². The third-order valence-electron chi connectivity index (χ3n) is 3.64. The number of aliphatic carboxylic acids is 1. The normalized spacial score (nSPS) is 24.6. The molecule has 6 heteroatoms. The third kappa shape index (κ3) is 5.06. The van der Waals surface area contributed by atoms with Gasteiger partial charge in [-0.15, -0.1) is 0 Å². The van der Waals surface area contributed by atoms with Crippen molar-refractivity contribution in [2.24, 2.45) is 5.92 Å². The topological polar surface area (TPSA) is 89.9 Å². The first kappa shape index (κ1) is 15.8. The molecular weight excluding hydrogens is 248 g/mol. The molecule has 2 amide bonds. The zero-order chi connectivity index (χ0) is 14.4. The van der Waals surface area contributed by atoms with Gasteiger partial charge >= 0.3 is 12.0 Å². The van der Waals surface area contributed by atoms with Crippen LogP contribution in [0.4, 0.5) is 4.79 Å². The van der Waals surface area contributed by atoms with Crippen LogP contribution in [0.3, 0.4) is 0 Å². The average molecular weight is 272 g/mol. The highest BCUT2D eigenvalue weighted by molar-refractivity contribution is 5.74. The van der Waals surface area contributed by atoms with E-state index in [4.69, 9.17) is 5.11 Å². The monoisotopic (exact) mass is 272 g/mol. The molecule has 0 aromatic rings. The van der Waals surface area contributed by atoms with E-state index in [0.717, 1.165) is 25.7 Å². The Morgan fingerprint density at radius 2 is 2.00 bits per heavy atom. The molecule has 0 spiro atoms. The number of nitrogens with one attached hydrogen (secondary N) is 1. The van der Waals surface area contributed by atoms with Crippen molar-refractivity contribution in [3.05, 3.63) is 0 Å². The van der Waals surface area contributed by atoms with Crippen LogP contribution >= 0.6 is 0 Å². The fourth-order valence-corrected chi connectivity index (χ4v) is 2.45. The molecule has 0 aromatic carbocycles. The molecule has 3 N–H and O–H groups in total. The highest BCUT2D eigenvalue weighted by Crippen LogP contribution is 2.22. The number of hydrogen-bond acceptors (Lipinski definition) is 3. The summed E-state index contributed by atoms with van der Waals surface area (Å²) in [5, 5.41) is 21.2. The van der Waals surface area contributed by atoms with Crippen molar-refractivity contribution in [1.29, 1.82) is 0 Å². The van der Waals surface area contributed by atoms with Crippen molar-refractivity contribution < 1.29 is 19.8 Å². The second-order valence-electron chi connectivity index (χ2n) is 5.42. The van der Waals surface area contributed by atoms with Gasteiger partial charge in [-0.05, 0) is 18.8 Å². The van der Waals surface area contributed by atoms with Crippen molar-refractivity contribution in [3.8, 4) is 0 Å². The summed E-state index contributed by atoms with van der Waals surface area (Å²) in [5.41, 5.74) is 0. The van der Waals surface area contributed by atoms with Gasteiger partial charge in [-0.2, -0.15) is 0 Å². The predicted molar refractivity (Wildman–Crippen MR) is 70.8 cm³/mol. The van der Waals surface area contributed by atoms with E-state index in [1.165, 1.54) is 4.90 Å². The Kier molecular flexibility index (Phi) is 6.08. The lowest BCUT2D eigenvalue weighted by atomic mass is 9.92. The van der Waals surface area contributed by atoms with E-state index < -0.39 is 12.1 Å². The van der Waals surface area contributed by atoms with E-state index in [9.17, 15) is 14.7 Å². The van der Waals surface area contributed by atoms with E-state index in [2.05, 4.69) is 5.32 Å². The quantitative estimate of drug-likeness (QED) is 0.697. The third-order valence-corrected chi connectivity index (χ3v) is 3.64. The van der Waals surface area contributed by atoms with Gasteiger partial charge in [-0.1, -0.05) is 19.8 Å². The summed E-state index contributed by atoms with van der Waals surface area (Å²) < 4.78 is 0. The SMILES string of the molecule is CC(CNC(=O)N(C)C1CCCCC1O)CC(=O)O. The molecule has 1 saturated carbocycles. The molecule has 6 nitrogen and oxygen atoms in total. The van der Waals surface area contributed by atoms with E-state index in [1.807, 2.05) is 0 Å². The minimum Gasteiger partial charge on any atom is -0.481 e. The molecule has 0 aliphatic heterocycles. The molecule has 0 aromatic heterocycles. The molecule has 3 atom stereocenters. The van der Waals surface area contributed by atoms with Crippen molar-refractivity contribution in [3.63, 3.8) is 0 Å². The Bertz CT molecular complexity index is 322. The van der Waals surface area contributed by atoms with Crippen LogP contribution in [-0.4, -0.2) is 52.9 Å². The number of carbonyl (C=O) groups is 2. The molecule has 1 rings (SSSR count). The first-order valence-corrected chi connectivity index (χ1v) is 6.82. The minimum atomic E-state index is -0.863. The number of hydrogen-bond donors (Lipinski definition) is 3. The Morgan fingerprint density at radius 3 is 2.58 bits per heavy atom. The molecule has 3 unspecified atom stereocenters. The molecular formula is C13H24N2O4.